The van der Waals surface area contributed by atoms with Gasteiger partial charge in [0.25, 0.3) is 11.8 Å². The second-order valence-electron chi connectivity index (χ2n) is 7.13. The van der Waals surface area contributed by atoms with Crippen LogP contribution in [0.3, 0.4) is 0 Å². The van der Waals surface area contributed by atoms with Crippen molar-refractivity contribution >= 4 is 78.7 Å². The van der Waals surface area contributed by atoms with Crippen molar-refractivity contribution in [2.24, 2.45) is 0 Å². The molecule has 0 aliphatic heterocycles. The normalized spacial score (nSPS) is 10.2. The first-order valence-corrected chi connectivity index (χ1v) is 12.8. The molecular weight excluding hydrogens is 647 g/mol. The fraction of sp³-hybridized carbons (Fsp3) is 0.273. The molecule has 2 rings (SSSR count). The van der Waals surface area contributed by atoms with Gasteiger partial charge in [0, 0.05) is 21.8 Å². The molecule has 0 aromatic heterocycles. The minimum Gasteiger partial charge on any atom is -0.482 e. The summed E-state index contributed by atoms with van der Waals surface area (Å²) in [5, 5.41) is 0.674. The Labute approximate surface area is 233 Å². The van der Waals surface area contributed by atoms with Gasteiger partial charge >= 0.3 is 0 Å². The van der Waals surface area contributed by atoms with Gasteiger partial charge in [-0.05, 0) is 49.2 Å². The number of rotatable bonds is 11. The molecule has 0 aliphatic rings. The molecule has 0 saturated carbocycles. The highest BCUT2D eigenvalue weighted by molar-refractivity contribution is 9.10. The molecule has 0 saturated heterocycles. The van der Waals surface area contributed by atoms with Gasteiger partial charge < -0.3 is 9.47 Å². The average molecular weight is 669 g/mol. The van der Waals surface area contributed by atoms with Crippen molar-refractivity contribution in [1.29, 1.82) is 0 Å². The lowest BCUT2D eigenvalue weighted by Crippen LogP contribution is -2.44. The third-order valence-electron chi connectivity index (χ3n) is 4.25. The van der Waals surface area contributed by atoms with E-state index in [4.69, 9.17) is 32.7 Å². The van der Waals surface area contributed by atoms with Crippen LogP contribution in [0.5, 0.6) is 11.5 Å². The van der Waals surface area contributed by atoms with Gasteiger partial charge in [-0.25, -0.2) is 0 Å². The minimum absolute atomic E-state index is 0.0844. The molecule has 0 heterocycles. The van der Waals surface area contributed by atoms with Gasteiger partial charge in [0.15, 0.2) is 13.2 Å². The lowest BCUT2D eigenvalue weighted by atomic mass is 10.2. The molecule has 0 aliphatic carbocycles. The number of hydrogen-bond donors (Lipinski definition) is 4. The standard InChI is InChI=1S/C22H22Br2Cl2N4O6/c23-13-5-7-17(15(25)9-13)35-11-21(33)29-27-19(31)3-1-2-4-20(32)28-30-22(34)12-36-18-8-6-14(24)10-16(18)26/h5-10H,1-4,11-12H2,(H,27,31)(H,28,32)(H,29,33)(H,30,34). The molecule has 14 heteroatoms. The van der Waals surface area contributed by atoms with Crippen LogP contribution in [-0.2, 0) is 19.2 Å². The molecule has 0 spiro atoms. The molecule has 10 nitrogen and oxygen atoms in total. The van der Waals surface area contributed by atoms with E-state index in [1.807, 2.05) is 0 Å². The van der Waals surface area contributed by atoms with Crippen LogP contribution in [0.2, 0.25) is 10.0 Å². The van der Waals surface area contributed by atoms with Crippen LogP contribution in [0.15, 0.2) is 45.3 Å². The van der Waals surface area contributed by atoms with Gasteiger partial charge in [-0.15, -0.1) is 0 Å². The Balaban J connectivity index is 1.52. The van der Waals surface area contributed by atoms with Crippen molar-refractivity contribution in [3.05, 3.63) is 55.4 Å². The van der Waals surface area contributed by atoms with Gasteiger partial charge in [0.05, 0.1) is 10.0 Å². The Morgan fingerprint density at radius 3 is 1.36 bits per heavy atom. The van der Waals surface area contributed by atoms with Crippen molar-refractivity contribution in [2.75, 3.05) is 13.2 Å². The maximum absolute atomic E-state index is 11.8. The first-order chi connectivity index (χ1) is 17.1. The number of hydrogen-bond acceptors (Lipinski definition) is 6. The molecule has 0 bridgehead atoms. The summed E-state index contributed by atoms with van der Waals surface area (Å²) >= 11 is 18.5. The van der Waals surface area contributed by atoms with E-state index in [0.29, 0.717) is 34.4 Å². The van der Waals surface area contributed by atoms with E-state index in [2.05, 4.69) is 53.6 Å². The average Bonchev–Trinajstić information content (AvgIpc) is 2.83. The smallest absolute Gasteiger partial charge is 0.276 e. The first kappa shape index (κ1) is 29.7. The molecular formula is C22H22Br2Cl2N4O6. The largest absolute Gasteiger partial charge is 0.482 e. The zero-order valence-corrected chi connectivity index (χ0v) is 23.4. The molecule has 0 radical (unpaired) electrons. The molecule has 194 valence electrons. The Kier molecular flexibility index (Phi) is 12.8. The number of halogens is 4. The number of carbonyl (C=O) groups is 4. The fourth-order valence-corrected chi connectivity index (χ4v) is 3.97. The molecule has 4 amide bonds. The van der Waals surface area contributed by atoms with Gasteiger partial charge in [-0.3, -0.25) is 40.9 Å². The summed E-state index contributed by atoms with van der Waals surface area (Å²) in [6.07, 6.45) is 0.945. The lowest BCUT2D eigenvalue weighted by molar-refractivity contribution is -0.130. The van der Waals surface area contributed by atoms with E-state index in [0.717, 1.165) is 8.95 Å². The first-order valence-electron chi connectivity index (χ1n) is 10.4. The zero-order valence-electron chi connectivity index (χ0n) is 18.7. The third-order valence-corrected chi connectivity index (χ3v) is 5.82. The fourth-order valence-electron chi connectivity index (χ4n) is 2.52. The van der Waals surface area contributed by atoms with Crippen molar-refractivity contribution in [3.8, 4) is 11.5 Å². The van der Waals surface area contributed by atoms with Crippen LogP contribution in [-0.4, -0.2) is 36.8 Å². The number of benzene rings is 2. The predicted octanol–water partition coefficient (Wildman–Crippen LogP) is 3.83. The molecule has 0 unspecified atom stereocenters. The van der Waals surface area contributed by atoms with Crippen LogP contribution < -0.4 is 31.2 Å². The number of nitrogens with one attached hydrogen (secondary N) is 4. The zero-order chi connectivity index (χ0) is 26.5. The highest BCUT2D eigenvalue weighted by atomic mass is 79.9. The van der Waals surface area contributed by atoms with Crippen LogP contribution >= 0.6 is 55.1 Å². The molecule has 4 N–H and O–H groups in total. The van der Waals surface area contributed by atoms with Crippen LogP contribution in [0, 0.1) is 0 Å². The monoisotopic (exact) mass is 666 g/mol. The Bertz CT molecular complexity index is 1020. The van der Waals surface area contributed by atoms with Crippen LogP contribution in [0.25, 0.3) is 0 Å². The highest BCUT2D eigenvalue weighted by Crippen LogP contribution is 2.28. The molecule has 36 heavy (non-hydrogen) atoms. The number of carbonyl (C=O) groups excluding carboxylic acids is 4. The Hall–Kier alpha value is -2.54. The van der Waals surface area contributed by atoms with Crippen LogP contribution in [0.4, 0.5) is 0 Å². The number of unbranched alkanes of at least 4 members (excludes halogenated alkanes) is 1. The lowest BCUT2D eigenvalue weighted by Gasteiger charge is -2.10. The molecule has 2 aromatic carbocycles. The molecule has 2 aromatic rings. The van der Waals surface area contributed by atoms with E-state index in [1.54, 1.807) is 36.4 Å². The maximum Gasteiger partial charge on any atom is 0.276 e. The Morgan fingerprint density at radius 1 is 0.639 bits per heavy atom. The maximum atomic E-state index is 11.8. The highest BCUT2D eigenvalue weighted by Gasteiger charge is 2.10. The van der Waals surface area contributed by atoms with Gasteiger partial charge in [-0.2, -0.15) is 0 Å². The predicted molar refractivity (Wildman–Crippen MR) is 140 cm³/mol. The van der Waals surface area contributed by atoms with E-state index in [9.17, 15) is 19.2 Å². The summed E-state index contributed by atoms with van der Waals surface area (Å²) in [5.74, 6) is -1.33. The summed E-state index contributed by atoms with van der Waals surface area (Å²) < 4.78 is 12.1. The van der Waals surface area contributed by atoms with Crippen molar-refractivity contribution in [3.63, 3.8) is 0 Å². The topological polar surface area (TPSA) is 135 Å². The quantitative estimate of drug-likeness (QED) is 0.212. The summed E-state index contributed by atoms with van der Waals surface area (Å²) in [6.45, 7) is -0.677. The van der Waals surface area contributed by atoms with Crippen molar-refractivity contribution in [1.82, 2.24) is 21.7 Å². The van der Waals surface area contributed by atoms with Gasteiger partial charge in [0.2, 0.25) is 11.8 Å². The van der Waals surface area contributed by atoms with Gasteiger partial charge in [0.1, 0.15) is 11.5 Å². The Morgan fingerprint density at radius 2 is 1.00 bits per heavy atom. The number of ether oxygens (including phenoxy) is 2. The summed E-state index contributed by atoms with van der Waals surface area (Å²) in [5.41, 5.74) is 8.99. The van der Waals surface area contributed by atoms with Gasteiger partial charge in [-0.1, -0.05) is 55.1 Å². The van der Waals surface area contributed by atoms with E-state index in [-0.39, 0.29) is 26.1 Å². The third kappa shape index (κ3) is 11.5. The van der Waals surface area contributed by atoms with Crippen LogP contribution in [0.1, 0.15) is 25.7 Å². The van der Waals surface area contributed by atoms with Crippen molar-refractivity contribution in [2.45, 2.75) is 25.7 Å². The van der Waals surface area contributed by atoms with Crippen molar-refractivity contribution < 1.29 is 28.7 Å². The molecule has 0 atom stereocenters. The van der Waals surface area contributed by atoms with E-state index in [1.165, 1.54) is 0 Å². The number of amides is 4. The summed E-state index contributed by atoms with van der Waals surface area (Å²) in [6, 6.07) is 9.89. The SMILES string of the molecule is O=C(CCCCC(=O)NNC(=O)COc1ccc(Br)cc1Cl)NNC(=O)COc1ccc(Br)cc1Cl. The number of hydrazine groups is 2. The molecule has 0 fully saturated rings. The second-order valence-corrected chi connectivity index (χ2v) is 9.77. The summed E-state index contributed by atoms with van der Waals surface area (Å²) in [4.78, 5) is 47.2. The van der Waals surface area contributed by atoms with E-state index < -0.39 is 23.6 Å². The minimum atomic E-state index is -0.566. The summed E-state index contributed by atoms with van der Waals surface area (Å²) in [7, 11) is 0. The second kappa shape index (κ2) is 15.5. The van der Waals surface area contributed by atoms with E-state index >= 15 is 0 Å².